The van der Waals surface area contributed by atoms with Gasteiger partial charge in [0.05, 0.1) is 6.61 Å². The number of anilines is 1. The Morgan fingerprint density at radius 1 is 1.32 bits per heavy atom. The summed E-state index contributed by atoms with van der Waals surface area (Å²) in [6.45, 7) is 6.42. The van der Waals surface area contributed by atoms with E-state index in [4.69, 9.17) is 5.11 Å². The van der Waals surface area contributed by atoms with Gasteiger partial charge >= 0.3 is 0 Å². The Morgan fingerprint density at radius 2 is 2.00 bits per heavy atom. The van der Waals surface area contributed by atoms with Gasteiger partial charge in [-0.1, -0.05) is 19.1 Å². The summed E-state index contributed by atoms with van der Waals surface area (Å²) in [5.41, 5.74) is 2.57. The fourth-order valence-electron chi connectivity index (χ4n) is 2.45. The van der Waals surface area contributed by atoms with Crippen LogP contribution in [0.4, 0.5) is 5.69 Å². The quantitative estimate of drug-likeness (QED) is 0.756. The number of rotatable bonds is 8. The molecule has 1 aromatic carbocycles. The summed E-state index contributed by atoms with van der Waals surface area (Å²) in [4.78, 5) is 2.33. The summed E-state index contributed by atoms with van der Waals surface area (Å²) in [6.07, 6.45) is 3.68. The molecule has 0 heterocycles. The minimum Gasteiger partial charge on any atom is -0.395 e. The lowest BCUT2D eigenvalue weighted by atomic mass is 10.1. The summed E-state index contributed by atoms with van der Waals surface area (Å²) in [5, 5.41) is 12.7. The van der Waals surface area contributed by atoms with E-state index in [-0.39, 0.29) is 6.61 Å². The first kappa shape index (κ1) is 14.4. The van der Waals surface area contributed by atoms with Gasteiger partial charge in [-0.3, -0.25) is 0 Å². The Bertz CT molecular complexity index is 373. The van der Waals surface area contributed by atoms with Gasteiger partial charge in [-0.25, -0.2) is 0 Å². The predicted octanol–water partition coefficient (Wildman–Crippen LogP) is 2.71. The van der Waals surface area contributed by atoms with Crippen molar-refractivity contribution in [1.29, 1.82) is 0 Å². The van der Waals surface area contributed by atoms with Gasteiger partial charge in [0.15, 0.2) is 0 Å². The maximum Gasteiger partial charge on any atom is 0.0606 e. The maximum absolute atomic E-state index is 9.16. The third-order valence-electron chi connectivity index (χ3n) is 3.75. The minimum absolute atomic E-state index is 0.229. The van der Waals surface area contributed by atoms with Gasteiger partial charge in [0, 0.05) is 24.3 Å². The van der Waals surface area contributed by atoms with Crippen LogP contribution in [-0.2, 0) is 0 Å². The molecule has 0 saturated heterocycles. The molecule has 3 nitrogen and oxygen atoms in total. The van der Waals surface area contributed by atoms with Crippen LogP contribution in [0.2, 0.25) is 0 Å². The molecule has 1 atom stereocenters. The Morgan fingerprint density at radius 3 is 2.53 bits per heavy atom. The molecule has 1 saturated carbocycles. The van der Waals surface area contributed by atoms with E-state index in [1.165, 1.54) is 24.1 Å². The molecule has 0 aromatic heterocycles. The Labute approximate surface area is 116 Å². The summed E-state index contributed by atoms with van der Waals surface area (Å²) < 4.78 is 0. The van der Waals surface area contributed by atoms with Gasteiger partial charge < -0.3 is 15.3 Å². The summed E-state index contributed by atoms with van der Waals surface area (Å²) in [6, 6.07) is 9.83. The third-order valence-corrected chi connectivity index (χ3v) is 3.75. The van der Waals surface area contributed by atoms with E-state index in [1.54, 1.807) is 0 Å². The first-order valence-electron chi connectivity index (χ1n) is 7.47. The fourth-order valence-corrected chi connectivity index (χ4v) is 2.45. The van der Waals surface area contributed by atoms with Crippen LogP contribution in [-0.4, -0.2) is 30.8 Å². The molecule has 0 amide bonds. The van der Waals surface area contributed by atoms with Crippen LogP contribution in [0.1, 0.15) is 44.7 Å². The van der Waals surface area contributed by atoms with Crippen molar-refractivity contribution in [1.82, 2.24) is 5.32 Å². The van der Waals surface area contributed by atoms with Gasteiger partial charge in [-0.15, -0.1) is 0 Å². The van der Waals surface area contributed by atoms with Crippen LogP contribution in [0.3, 0.4) is 0 Å². The lowest BCUT2D eigenvalue weighted by molar-refractivity contribution is 0.301. The number of nitrogens with zero attached hydrogens (tertiary/aromatic N) is 1. The molecule has 2 N–H and O–H groups in total. The van der Waals surface area contributed by atoms with Crippen LogP contribution in [0, 0.1) is 0 Å². The molecule has 0 radical (unpaired) electrons. The Hall–Kier alpha value is -1.06. The first-order chi connectivity index (χ1) is 9.26. The highest BCUT2D eigenvalue weighted by atomic mass is 16.3. The van der Waals surface area contributed by atoms with E-state index >= 15 is 0 Å². The van der Waals surface area contributed by atoms with Crippen molar-refractivity contribution in [3.8, 4) is 0 Å². The topological polar surface area (TPSA) is 35.5 Å². The van der Waals surface area contributed by atoms with Crippen molar-refractivity contribution in [2.24, 2.45) is 0 Å². The van der Waals surface area contributed by atoms with E-state index in [0.29, 0.717) is 12.1 Å². The molecule has 19 heavy (non-hydrogen) atoms. The van der Waals surface area contributed by atoms with Gasteiger partial charge in [0.2, 0.25) is 0 Å². The fraction of sp³-hybridized carbons (Fsp3) is 0.625. The van der Waals surface area contributed by atoms with Gasteiger partial charge in [0.1, 0.15) is 0 Å². The molecule has 106 valence electrons. The second kappa shape index (κ2) is 6.92. The highest BCUT2D eigenvalue weighted by Gasteiger charge is 2.28. The van der Waals surface area contributed by atoms with Crippen molar-refractivity contribution >= 4 is 5.69 Å². The van der Waals surface area contributed by atoms with Gasteiger partial charge in [-0.2, -0.15) is 0 Å². The molecular weight excluding hydrogens is 236 g/mol. The molecule has 3 heteroatoms. The molecular formula is C16H26N2O. The number of hydrogen-bond donors (Lipinski definition) is 2. The molecule has 2 rings (SSSR count). The number of nitrogens with one attached hydrogen (secondary N) is 1. The van der Waals surface area contributed by atoms with E-state index in [9.17, 15) is 0 Å². The second-order valence-electron chi connectivity index (χ2n) is 5.42. The van der Waals surface area contributed by atoms with Crippen molar-refractivity contribution in [2.45, 2.75) is 45.2 Å². The van der Waals surface area contributed by atoms with E-state index in [1.807, 2.05) is 0 Å². The van der Waals surface area contributed by atoms with E-state index in [0.717, 1.165) is 19.5 Å². The minimum atomic E-state index is 0.229. The molecule has 0 bridgehead atoms. The SMILES string of the molecule is CCCNC(C)c1ccc(N(CCO)C2CC2)cc1. The lowest BCUT2D eigenvalue weighted by Gasteiger charge is -2.24. The van der Waals surface area contributed by atoms with Crippen LogP contribution in [0.25, 0.3) is 0 Å². The average molecular weight is 262 g/mol. The predicted molar refractivity (Wildman–Crippen MR) is 80.6 cm³/mol. The summed E-state index contributed by atoms with van der Waals surface area (Å²) in [5.74, 6) is 0. The van der Waals surface area contributed by atoms with E-state index < -0.39 is 0 Å². The molecule has 1 aliphatic rings. The third kappa shape index (κ3) is 3.95. The highest BCUT2D eigenvalue weighted by Crippen LogP contribution is 2.31. The van der Waals surface area contributed by atoms with Crippen molar-refractivity contribution in [3.05, 3.63) is 29.8 Å². The molecule has 1 aromatic rings. The van der Waals surface area contributed by atoms with Crippen LogP contribution in [0.15, 0.2) is 24.3 Å². The smallest absolute Gasteiger partial charge is 0.0606 e. The lowest BCUT2D eigenvalue weighted by Crippen LogP contribution is -2.28. The number of benzene rings is 1. The Balaban J connectivity index is 2.00. The van der Waals surface area contributed by atoms with Gasteiger partial charge in [-0.05, 0) is 50.4 Å². The van der Waals surface area contributed by atoms with Crippen LogP contribution in [0.5, 0.6) is 0 Å². The normalized spacial score (nSPS) is 16.4. The van der Waals surface area contributed by atoms with Crippen molar-refractivity contribution < 1.29 is 5.11 Å². The zero-order chi connectivity index (χ0) is 13.7. The summed E-state index contributed by atoms with van der Waals surface area (Å²) >= 11 is 0. The summed E-state index contributed by atoms with van der Waals surface area (Å²) in [7, 11) is 0. The molecule has 1 fully saturated rings. The number of aliphatic hydroxyl groups is 1. The highest BCUT2D eigenvalue weighted by molar-refractivity contribution is 5.50. The Kier molecular flexibility index (Phi) is 5.23. The zero-order valence-corrected chi connectivity index (χ0v) is 12.1. The molecule has 1 aliphatic carbocycles. The number of hydrogen-bond acceptors (Lipinski definition) is 3. The van der Waals surface area contributed by atoms with E-state index in [2.05, 4.69) is 48.3 Å². The molecule has 1 unspecified atom stereocenters. The van der Waals surface area contributed by atoms with Crippen LogP contribution < -0.4 is 10.2 Å². The van der Waals surface area contributed by atoms with Crippen molar-refractivity contribution in [3.63, 3.8) is 0 Å². The number of aliphatic hydroxyl groups excluding tert-OH is 1. The zero-order valence-electron chi connectivity index (χ0n) is 12.1. The standard InChI is InChI=1S/C16H26N2O/c1-3-10-17-13(2)14-4-6-15(7-5-14)18(11-12-19)16-8-9-16/h4-7,13,16-17,19H,3,8-12H2,1-2H3. The van der Waals surface area contributed by atoms with Crippen LogP contribution >= 0.6 is 0 Å². The first-order valence-corrected chi connectivity index (χ1v) is 7.47. The molecule has 0 spiro atoms. The second-order valence-corrected chi connectivity index (χ2v) is 5.42. The maximum atomic E-state index is 9.16. The van der Waals surface area contributed by atoms with Gasteiger partial charge in [0.25, 0.3) is 0 Å². The average Bonchev–Trinajstić information content (AvgIpc) is 3.27. The van der Waals surface area contributed by atoms with Crippen molar-refractivity contribution in [2.75, 3.05) is 24.6 Å². The molecule has 0 aliphatic heterocycles. The monoisotopic (exact) mass is 262 g/mol. The largest absolute Gasteiger partial charge is 0.395 e.